The Morgan fingerprint density at radius 3 is 1.68 bits per heavy atom. The van der Waals surface area contributed by atoms with E-state index >= 15 is 0 Å². The van der Waals surface area contributed by atoms with Gasteiger partial charge in [-0.25, -0.2) is 4.98 Å². The lowest BCUT2D eigenvalue weighted by atomic mass is 9.82. The molecule has 0 N–H and O–H groups in total. The van der Waals surface area contributed by atoms with Gasteiger partial charge in [-0.05, 0) is 87.0 Å². The van der Waals surface area contributed by atoms with Crippen molar-refractivity contribution in [3.63, 3.8) is 0 Å². The largest absolute Gasteiger partial charge is 0.310 e. The number of fused-ring (bicyclic) bond motifs is 4. The smallest absolute Gasteiger partial charge is 0.0788 e. The number of anilines is 3. The van der Waals surface area contributed by atoms with Crippen LogP contribution < -0.4 is 4.90 Å². The fourth-order valence-corrected chi connectivity index (χ4v) is 8.59. The Hall–Kier alpha value is -7.03. The van der Waals surface area contributed by atoms with Gasteiger partial charge in [0.2, 0.25) is 0 Å². The summed E-state index contributed by atoms with van der Waals surface area (Å²) >= 11 is 0. The van der Waals surface area contributed by atoms with Gasteiger partial charge >= 0.3 is 0 Å². The molecule has 8 aromatic carbocycles. The average Bonchev–Trinajstić information content (AvgIpc) is 3.49. The van der Waals surface area contributed by atoms with Crippen LogP contribution >= 0.6 is 0 Å². The van der Waals surface area contributed by atoms with Crippen LogP contribution in [0.3, 0.4) is 0 Å². The number of benzene rings is 8. The summed E-state index contributed by atoms with van der Waals surface area (Å²) in [6.07, 6.45) is 0. The number of aromatic nitrogens is 1. The molecule has 0 radical (unpaired) electrons. The first kappa shape index (κ1) is 33.5. The van der Waals surface area contributed by atoms with Crippen molar-refractivity contribution >= 4 is 28.0 Å². The predicted molar refractivity (Wildman–Crippen MR) is 236 cm³/mol. The molecular formula is C54H40N2. The van der Waals surface area contributed by atoms with E-state index in [2.05, 4.69) is 225 Å². The minimum Gasteiger partial charge on any atom is -0.310 e. The van der Waals surface area contributed by atoms with Crippen molar-refractivity contribution < 1.29 is 0 Å². The van der Waals surface area contributed by atoms with Gasteiger partial charge in [-0.2, -0.15) is 0 Å². The van der Waals surface area contributed by atoms with E-state index < -0.39 is 0 Å². The lowest BCUT2D eigenvalue weighted by Gasteiger charge is -2.30. The molecule has 0 unspecified atom stereocenters. The molecule has 0 saturated heterocycles. The third kappa shape index (κ3) is 5.79. The zero-order valence-electron chi connectivity index (χ0n) is 31.5. The highest BCUT2D eigenvalue weighted by Crippen LogP contribution is 2.51. The second-order valence-electron chi connectivity index (χ2n) is 15.2. The van der Waals surface area contributed by atoms with E-state index in [4.69, 9.17) is 4.98 Å². The fourth-order valence-electron chi connectivity index (χ4n) is 8.59. The van der Waals surface area contributed by atoms with Crippen LogP contribution in [0.5, 0.6) is 0 Å². The maximum absolute atomic E-state index is 5.26. The Morgan fingerprint density at radius 1 is 0.375 bits per heavy atom. The van der Waals surface area contributed by atoms with Gasteiger partial charge in [-0.3, -0.25) is 0 Å². The van der Waals surface area contributed by atoms with Crippen molar-refractivity contribution in [2.45, 2.75) is 19.3 Å². The monoisotopic (exact) mass is 716 g/mol. The lowest BCUT2D eigenvalue weighted by Crippen LogP contribution is -2.16. The summed E-state index contributed by atoms with van der Waals surface area (Å²) in [5.74, 6) is 0. The Morgan fingerprint density at radius 2 is 0.911 bits per heavy atom. The van der Waals surface area contributed by atoms with Crippen molar-refractivity contribution in [3.8, 4) is 55.8 Å². The minimum atomic E-state index is -0.125. The molecule has 10 rings (SSSR count). The van der Waals surface area contributed by atoms with E-state index in [1.165, 1.54) is 44.5 Å². The molecule has 1 heterocycles. The van der Waals surface area contributed by atoms with Crippen LogP contribution in [0.2, 0.25) is 0 Å². The van der Waals surface area contributed by atoms with Crippen molar-refractivity contribution in [2.75, 3.05) is 4.90 Å². The normalized spacial score (nSPS) is 12.6. The molecule has 0 bridgehead atoms. The zero-order chi connectivity index (χ0) is 37.6. The van der Waals surface area contributed by atoms with Gasteiger partial charge in [-0.1, -0.05) is 178 Å². The summed E-state index contributed by atoms with van der Waals surface area (Å²) in [6.45, 7) is 4.70. The molecule has 0 atom stereocenters. The van der Waals surface area contributed by atoms with E-state index in [9.17, 15) is 0 Å². The van der Waals surface area contributed by atoms with Crippen LogP contribution in [0.1, 0.15) is 25.0 Å². The van der Waals surface area contributed by atoms with Gasteiger partial charge in [0.05, 0.1) is 16.9 Å². The summed E-state index contributed by atoms with van der Waals surface area (Å²) in [7, 11) is 0. The molecule has 0 saturated carbocycles. The second-order valence-corrected chi connectivity index (χ2v) is 15.2. The van der Waals surface area contributed by atoms with Crippen LogP contribution in [0.4, 0.5) is 17.1 Å². The first-order valence-electron chi connectivity index (χ1n) is 19.4. The van der Waals surface area contributed by atoms with Crippen molar-refractivity contribution in [1.29, 1.82) is 0 Å². The molecule has 2 heteroatoms. The first-order chi connectivity index (χ1) is 27.5. The number of hydrogen-bond acceptors (Lipinski definition) is 2. The summed E-state index contributed by atoms with van der Waals surface area (Å²) in [4.78, 5) is 7.68. The number of pyridine rings is 1. The van der Waals surface area contributed by atoms with Gasteiger partial charge in [0, 0.05) is 38.9 Å². The van der Waals surface area contributed by atoms with E-state index in [-0.39, 0.29) is 5.41 Å². The summed E-state index contributed by atoms with van der Waals surface area (Å²) in [5, 5.41) is 1.13. The third-order valence-corrected chi connectivity index (χ3v) is 11.5. The van der Waals surface area contributed by atoms with Gasteiger partial charge < -0.3 is 4.90 Å². The molecule has 1 aliphatic rings. The molecule has 0 fully saturated rings. The number of rotatable bonds is 7. The average molecular weight is 717 g/mol. The second kappa shape index (κ2) is 13.7. The summed E-state index contributed by atoms with van der Waals surface area (Å²) in [6, 6.07) is 74.4. The highest BCUT2D eigenvalue weighted by molar-refractivity contribution is 5.94. The number of nitrogens with zero attached hydrogens (tertiary/aromatic N) is 2. The standard InChI is InChI=1S/C54H40N2/c1-54(2)49-22-12-10-21-46(49)47-34-33-44(36-50(47)54)56(52-24-14-11-20-45(52)40-27-25-38(26-28-40)37-15-5-3-6-16-37)43-31-29-41(30-32-43)53-48(39-17-7-4-8-18-39)35-42-19-9-13-23-51(42)55-53/h3-36H,1-2H3. The molecule has 2 nitrogen and oxygen atoms in total. The van der Waals surface area contributed by atoms with Gasteiger partial charge in [0.1, 0.15) is 0 Å². The highest BCUT2D eigenvalue weighted by Gasteiger charge is 2.36. The Labute approximate surface area is 329 Å². The summed E-state index contributed by atoms with van der Waals surface area (Å²) < 4.78 is 0. The first-order valence-corrected chi connectivity index (χ1v) is 19.4. The van der Waals surface area contributed by atoms with Crippen molar-refractivity contribution in [3.05, 3.63) is 217 Å². The Balaban J connectivity index is 1.12. The van der Waals surface area contributed by atoms with E-state index in [1.54, 1.807) is 0 Å². The van der Waals surface area contributed by atoms with E-state index in [1.807, 2.05) is 0 Å². The molecular weight excluding hydrogens is 677 g/mol. The van der Waals surface area contributed by atoms with Gasteiger partial charge in [-0.15, -0.1) is 0 Å². The Bertz CT molecular complexity index is 2860. The van der Waals surface area contributed by atoms with E-state index in [0.717, 1.165) is 50.3 Å². The molecule has 9 aromatic rings. The molecule has 0 amide bonds. The maximum Gasteiger partial charge on any atom is 0.0788 e. The third-order valence-electron chi connectivity index (χ3n) is 11.5. The SMILES string of the molecule is CC1(C)c2ccccc2-c2ccc(N(c3ccc(-c4nc5ccccc5cc4-c4ccccc4)cc3)c3ccccc3-c3ccc(-c4ccccc4)cc3)cc21. The lowest BCUT2D eigenvalue weighted by molar-refractivity contribution is 0.660. The molecule has 266 valence electrons. The Kier molecular flexibility index (Phi) is 8.19. The van der Waals surface area contributed by atoms with Crippen LogP contribution in [0.15, 0.2) is 206 Å². The van der Waals surface area contributed by atoms with Gasteiger partial charge in [0.25, 0.3) is 0 Å². The summed E-state index contributed by atoms with van der Waals surface area (Å²) in [5.41, 5.74) is 18.6. The van der Waals surface area contributed by atoms with Crippen LogP contribution in [0.25, 0.3) is 66.7 Å². The number of hydrogen-bond donors (Lipinski definition) is 0. The predicted octanol–water partition coefficient (Wildman–Crippen LogP) is 14.7. The zero-order valence-corrected chi connectivity index (χ0v) is 31.5. The molecule has 0 spiro atoms. The van der Waals surface area contributed by atoms with Crippen molar-refractivity contribution in [1.82, 2.24) is 4.98 Å². The molecule has 0 aliphatic heterocycles. The van der Waals surface area contributed by atoms with Gasteiger partial charge in [0.15, 0.2) is 0 Å². The minimum absolute atomic E-state index is 0.125. The van der Waals surface area contributed by atoms with E-state index in [0.29, 0.717) is 0 Å². The maximum atomic E-state index is 5.26. The quantitative estimate of drug-likeness (QED) is 0.163. The van der Waals surface area contributed by atoms with Crippen LogP contribution in [-0.2, 0) is 5.41 Å². The molecule has 56 heavy (non-hydrogen) atoms. The van der Waals surface area contributed by atoms with Crippen LogP contribution in [-0.4, -0.2) is 4.98 Å². The molecule has 1 aromatic heterocycles. The highest BCUT2D eigenvalue weighted by atomic mass is 15.1. The van der Waals surface area contributed by atoms with Crippen molar-refractivity contribution in [2.24, 2.45) is 0 Å². The van der Waals surface area contributed by atoms with Crippen LogP contribution in [0, 0.1) is 0 Å². The topological polar surface area (TPSA) is 16.1 Å². The molecule has 1 aliphatic carbocycles. The fraction of sp³-hybridized carbons (Fsp3) is 0.0556. The number of para-hydroxylation sites is 2.